The maximum Gasteiger partial charge on any atom is 0.241 e. The summed E-state index contributed by atoms with van der Waals surface area (Å²) in [6.07, 6.45) is 1.08. The molecule has 1 aliphatic heterocycles. The summed E-state index contributed by atoms with van der Waals surface area (Å²) in [5.74, 6) is 0.0185. The maximum atomic E-state index is 12.5. The molecule has 3 rings (SSSR count). The average Bonchev–Trinajstić information content (AvgIpc) is 2.67. The van der Waals surface area contributed by atoms with Crippen molar-refractivity contribution >= 4 is 23.2 Å². The second-order valence-electron chi connectivity index (χ2n) is 6.79. The van der Waals surface area contributed by atoms with Crippen molar-refractivity contribution in [3.05, 3.63) is 65.2 Å². The van der Waals surface area contributed by atoms with E-state index in [9.17, 15) is 4.79 Å². The summed E-state index contributed by atoms with van der Waals surface area (Å²) in [5, 5.41) is 3.59. The first-order valence-electron chi connectivity index (χ1n) is 9.18. The number of nitrogens with zero attached hydrogens (tertiary/aromatic N) is 2. The van der Waals surface area contributed by atoms with E-state index in [0.29, 0.717) is 5.02 Å². The lowest BCUT2D eigenvalue weighted by Gasteiger charge is -2.37. The lowest BCUT2D eigenvalue weighted by Crippen LogP contribution is -2.53. The molecule has 138 valence electrons. The predicted octanol–water partition coefficient (Wildman–Crippen LogP) is 3.53. The highest BCUT2D eigenvalue weighted by Gasteiger charge is 2.25. The molecule has 2 aromatic rings. The summed E-state index contributed by atoms with van der Waals surface area (Å²) in [7, 11) is 0. The van der Waals surface area contributed by atoms with Crippen LogP contribution in [0.4, 0.5) is 5.69 Å². The fourth-order valence-electron chi connectivity index (χ4n) is 3.28. The molecular weight excluding hydrogens is 346 g/mol. The topological polar surface area (TPSA) is 35.6 Å². The number of rotatable bonds is 6. The second kappa shape index (κ2) is 9.17. The Morgan fingerprint density at radius 2 is 1.81 bits per heavy atom. The molecule has 2 aromatic carbocycles. The van der Waals surface area contributed by atoms with Crippen molar-refractivity contribution in [2.24, 2.45) is 0 Å². The van der Waals surface area contributed by atoms with Crippen molar-refractivity contribution in [1.29, 1.82) is 0 Å². The molecule has 5 heteroatoms. The number of benzene rings is 2. The molecule has 1 atom stereocenters. The second-order valence-corrected chi connectivity index (χ2v) is 7.23. The van der Waals surface area contributed by atoms with Gasteiger partial charge in [-0.15, -0.1) is 0 Å². The standard InChI is InChI=1S/C21H26ClN3O/c1-17(21(26)23-20-9-5-8-19(22)16-20)25-14-12-24(13-15-25)11-10-18-6-3-2-4-7-18/h2-9,16-17H,10-15H2,1H3,(H,23,26)/t17-/m1/s1. The van der Waals surface area contributed by atoms with Crippen molar-refractivity contribution in [3.63, 3.8) is 0 Å². The van der Waals surface area contributed by atoms with Gasteiger partial charge in [-0.05, 0) is 37.1 Å². The maximum absolute atomic E-state index is 12.5. The van der Waals surface area contributed by atoms with Crippen LogP contribution in [0, 0.1) is 0 Å². The van der Waals surface area contributed by atoms with Crippen molar-refractivity contribution < 1.29 is 4.79 Å². The third-order valence-corrected chi connectivity index (χ3v) is 5.22. The van der Waals surface area contributed by atoms with Crippen LogP contribution in [-0.4, -0.2) is 54.5 Å². The van der Waals surface area contributed by atoms with Crippen LogP contribution in [0.3, 0.4) is 0 Å². The first-order chi connectivity index (χ1) is 12.6. The Morgan fingerprint density at radius 1 is 1.08 bits per heavy atom. The Bertz CT molecular complexity index is 714. The molecule has 1 heterocycles. The van der Waals surface area contributed by atoms with E-state index in [1.54, 1.807) is 12.1 Å². The number of hydrogen-bond donors (Lipinski definition) is 1. The fourth-order valence-corrected chi connectivity index (χ4v) is 3.48. The van der Waals surface area contributed by atoms with Crippen molar-refractivity contribution in [1.82, 2.24) is 9.80 Å². The van der Waals surface area contributed by atoms with Crippen molar-refractivity contribution in [3.8, 4) is 0 Å². The van der Waals surface area contributed by atoms with E-state index in [4.69, 9.17) is 11.6 Å². The zero-order valence-corrected chi connectivity index (χ0v) is 16.0. The normalized spacial score (nSPS) is 17.0. The highest BCUT2D eigenvalue weighted by Crippen LogP contribution is 2.16. The van der Waals surface area contributed by atoms with E-state index in [0.717, 1.165) is 44.8 Å². The summed E-state index contributed by atoms with van der Waals surface area (Å²) in [6.45, 7) is 6.88. The highest BCUT2D eigenvalue weighted by molar-refractivity contribution is 6.30. The molecule has 1 amide bonds. The molecule has 0 unspecified atom stereocenters. The van der Waals surface area contributed by atoms with Crippen LogP contribution in [0.25, 0.3) is 0 Å². The zero-order chi connectivity index (χ0) is 18.4. The van der Waals surface area contributed by atoms with Gasteiger partial charge in [0.15, 0.2) is 0 Å². The largest absolute Gasteiger partial charge is 0.325 e. The zero-order valence-electron chi connectivity index (χ0n) is 15.2. The molecule has 0 aliphatic carbocycles. The highest BCUT2D eigenvalue weighted by atomic mass is 35.5. The van der Waals surface area contributed by atoms with Gasteiger partial charge < -0.3 is 10.2 Å². The van der Waals surface area contributed by atoms with E-state index in [1.807, 2.05) is 19.1 Å². The van der Waals surface area contributed by atoms with Crippen LogP contribution in [0.2, 0.25) is 5.02 Å². The van der Waals surface area contributed by atoms with E-state index in [1.165, 1.54) is 5.56 Å². The van der Waals surface area contributed by atoms with Gasteiger partial charge >= 0.3 is 0 Å². The number of nitrogens with one attached hydrogen (secondary N) is 1. The van der Waals surface area contributed by atoms with Gasteiger partial charge in [-0.25, -0.2) is 0 Å². The van der Waals surface area contributed by atoms with E-state index >= 15 is 0 Å². The number of carbonyl (C=O) groups is 1. The van der Waals surface area contributed by atoms with Gasteiger partial charge in [0, 0.05) is 43.4 Å². The average molecular weight is 372 g/mol. The molecule has 1 N–H and O–H groups in total. The molecule has 0 radical (unpaired) electrons. The quantitative estimate of drug-likeness (QED) is 0.843. The number of amides is 1. The van der Waals surface area contributed by atoms with Crippen LogP contribution in [-0.2, 0) is 11.2 Å². The Balaban J connectivity index is 1.44. The molecule has 0 bridgehead atoms. The molecule has 0 saturated carbocycles. The number of halogens is 1. The first kappa shape index (κ1) is 18.9. The van der Waals surface area contributed by atoms with E-state index < -0.39 is 0 Å². The molecule has 0 aromatic heterocycles. The van der Waals surface area contributed by atoms with Gasteiger partial charge in [0.25, 0.3) is 0 Å². The number of carbonyl (C=O) groups excluding carboxylic acids is 1. The lowest BCUT2D eigenvalue weighted by molar-refractivity contribution is -0.121. The van der Waals surface area contributed by atoms with Crippen LogP contribution in [0.15, 0.2) is 54.6 Å². The summed E-state index contributed by atoms with van der Waals surface area (Å²) in [4.78, 5) is 17.2. The lowest BCUT2D eigenvalue weighted by atomic mass is 10.1. The summed E-state index contributed by atoms with van der Waals surface area (Å²) in [6, 6.07) is 17.7. The summed E-state index contributed by atoms with van der Waals surface area (Å²) in [5.41, 5.74) is 2.13. The van der Waals surface area contributed by atoms with Crippen LogP contribution >= 0.6 is 11.6 Å². The molecule has 4 nitrogen and oxygen atoms in total. The smallest absolute Gasteiger partial charge is 0.241 e. The molecule has 0 spiro atoms. The van der Waals surface area contributed by atoms with Gasteiger partial charge in [0.05, 0.1) is 6.04 Å². The summed E-state index contributed by atoms with van der Waals surface area (Å²) >= 11 is 5.98. The Morgan fingerprint density at radius 3 is 2.50 bits per heavy atom. The minimum Gasteiger partial charge on any atom is -0.325 e. The van der Waals surface area contributed by atoms with E-state index in [2.05, 4.69) is 45.4 Å². The Labute approximate surface area is 160 Å². The number of hydrogen-bond acceptors (Lipinski definition) is 3. The first-order valence-corrected chi connectivity index (χ1v) is 9.56. The minimum absolute atomic E-state index is 0.0185. The molecule has 1 aliphatic rings. The SMILES string of the molecule is C[C@H](C(=O)Nc1cccc(Cl)c1)N1CCN(CCc2ccccc2)CC1. The van der Waals surface area contributed by atoms with Gasteiger partial charge in [-0.1, -0.05) is 48.0 Å². The monoisotopic (exact) mass is 371 g/mol. The molecule has 1 saturated heterocycles. The van der Waals surface area contributed by atoms with Gasteiger partial charge in [0.1, 0.15) is 0 Å². The third-order valence-electron chi connectivity index (χ3n) is 4.99. The fraction of sp³-hybridized carbons (Fsp3) is 0.381. The number of anilines is 1. The van der Waals surface area contributed by atoms with Gasteiger partial charge in [-0.2, -0.15) is 0 Å². The van der Waals surface area contributed by atoms with Gasteiger partial charge in [-0.3, -0.25) is 9.69 Å². The minimum atomic E-state index is -0.148. The molecule has 1 fully saturated rings. The van der Waals surface area contributed by atoms with Crippen molar-refractivity contribution in [2.45, 2.75) is 19.4 Å². The predicted molar refractivity (Wildman–Crippen MR) is 108 cm³/mol. The molecule has 26 heavy (non-hydrogen) atoms. The van der Waals surface area contributed by atoms with Gasteiger partial charge in [0.2, 0.25) is 5.91 Å². The van der Waals surface area contributed by atoms with E-state index in [-0.39, 0.29) is 11.9 Å². The third kappa shape index (κ3) is 5.31. The van der Waals surface area contributed by atoms with Crippen LogP contribution < -0.4 is 5.32 Å². The Hall–Kier alpha value is -1.88. The summed E-state index contributed by atoms with van der Waals surface area (Å²) < 4.78 is 0. The molecular formula is C21H26ClN3O. The van der Waals surface area contributed by atoms with Crippen LogP contribution in [0.1, 0.15) is 12.5 Å². The van der Waals surface area contributed by atoms with Crippen LogP contribution in [0.5, 0.6) is 0 Å². The van der Waals surface area contributed by atoms with Crippen molar-refractivity contribution in [2.75, 3.05) is 38.0 Å². The number of piperazine rings is 1. The Kier molecular flexibility index (Phi) is 6.67.